The lowest BCUT2D eigenvalue weighted by molar-refractivity contribution is 0.282. The van der Waals surface area contributed by atoms with E-state index < -0.39 is 0 Å². The quantitative estimate of drug-likeness (QED) is 0.742. The monoisotopic (exact) mass is 180 g/mol. The zero-order valence-electron chi connectivity index (χ0n) is 8.12. The summed E-state index contributed by atoms with van der Waals surface area (Å²) < 4.78 is 0. The van der Waals surface area contributed by atoms with Crippen LogP contribution in [0, 0.1) is 0 Å². The number of hydrogen-bond donors (Lipinski definition) is 2. The van der Waals surface area contributed by atoms with Gasteiger partial charge in [0.25, 0.3) is 0 Å². The fraction of sp³-hybridized carbons (Fsp3) is 0.500. The molecule has 0 aliphatic heterocycles. The predicted octanol–water partition coefficient (Wildman–Crippen LogP) is 1.78. The van der Waals surface area contributed by atoms with Crippen LogP contribution in [0.2, 0.25) is 0 Å². The molecule has 0 aromatic carbocycles. The van der Waals surface area contributed by atoms with Crippen LogP contribution in [0.3, 0.4) is 0 Å². The van der Waals surface area contributed by atoms with Gasteiger partial charge >= 0.3 is 0 Å². The highest BCUT2D eigenvalue weighted by Gasteiger charge is 2.04. The number of nitrogens with one attached hydrogen (secondary N) is 1. The number of aliphatic hydroxyl groups excluding tert-OH is 1. The van der Waals surface area contributed by atoms with Gasteiger partial charge in [0.05, 0.1) is 6.61 Å². The Hall–Kier alpha value is -1.09. The molecule has 1 aromatic rings. The molecule has 0 aliphatic carbocycles. The van der Waals surface area contributed by atoms with Crippen molar-refractivity contribution >= 4 is 5.82 Å². The van der Waals surface area contributed by atoms with Crippen LogP contribution in [0.15, 0.2) is 18.3 Å². The Balaban J connectivity index is 2.74. The summed E-state index contributed by atoms with van der Waals surface area (Å²) in [5.41, 5.74) is 0.850. The fourth-order valence-corrected chi connectivity index (χ4v) is 1.03. The summed E-state index contributed by atoms with van der Waals surface area (Å²) in [6.07, 6.45) is 2.77. The summed E-state index contributed by atoms with van der Waals surface area (Å²) in [6, 6.07) is 4.09. The highest BCUT2D eigenvalue weighted by molar-refractivity contribution is 5.43. The van der Waals surface area contributed by atoms with E-state index in [1.807, 2.05) is 12.1 Å². The highest BCUT2D eigenvalue weighted by Crippen LogP contribution is 2.12. The first-order valence-electron chi connectivity index (χ1n) is 4.59. The molecule has 3 heteroatoms. The number of rotatable bonds is 4. The third kappa shape index (κ3) is 2.70. The van der Waals surface area contributed by atoms with Gasteiger partial charge in [-0.3, -0.25) is 0 Å². The van der Waals surface area contributed by atoms with Crippen molar-refractivity contribution in [2.45, 2.75) is 32.9 Å². The lowest BCUT2D eigenvalue weighted by Gasteiger charge is -2.14. The molecule has 1 rings (SSSR count). The van der Waals surface area contributed by atoms with E-state index in [9.17, 15) is 0 Å². The van der Waals surface area contributed by atoms with Crippen molar-refractivity contribution in [3.63, 3.8) is 0 Å². The van der Waals surface area contributed by atoms with Crippen molar-refractivity contribution in [2.24, 2.45) is 0 Å². The van der Waals surface area contributed by atoms with E-state index in [2.05, 4.69) is 24.1 Å². The van der Waals surface area contributed by atoms with Crippen molar-refractivity contribution in [1.29, 1.82) is 0 Å². The zero-order chi connectivity index (χ0) is 9.68. The third-order valence-electron chi connectivity index (χ3n) is 2.06. The summed E-state index contributed by atoms with van der Waals surface area (Å²) in [4.78, 5) is 4.17. The van der Waals surface area contributed by atoms with Gasteiger partial charge in [-0.2, -0.15) is 0 Å². The van der Waals surface area contributed by atoms with Crippen molar-refractivity contribution in [3.8, 4) is 0 Å². The Kier molecular flexibility index (Phi) is 3.71. The minimum atomic E-state index is 0.0343. The molecule has 13 heavy (non-hydrogen) atoms. The van der Waals surface area contributed by atoms with E-state index in [0.717, 1.165) is 17.8 Å². The Bertz CT molecular complexity index is 263. The second-order valence-electron chi connectivity index (χ2n) is 3.12. The van der Waals surface area contributed by atoms with Crippen molar-refractivity contribution in [3.05, 3.63) is 23.9 Å². The van der Waals surface area contributed by atoms with Gasteiger partial charge in [-0.25, -0.2) is 4.98 Å². The van der Waals surface area contributed by atoms with Gasteiger partial charge in [0.15, 0.2) is 0 Å². The van der Waals surface area contributed by atoms with Crippen LogP contribution in [0.25, 0.3) is 0 Å². The fourth-order valence-electron chi connectivity index (χ4n) is 1.03. The molecule has 1 heterocycles. The Morgan fingerprint density at radius 2 is 2.38 bits per heavy atom. The van der Waals surface area contributed by atoms with E-state index in [4.69, 9.17) is 5.11 Å². The largest absolute Gasteiger partial charge is 0.392 e. The van der Waals surface area contributed by atoms with E-state index in [0.29, 0.717) is 6.04 Å². The standard InChI is InChI=1S/C10H16N2O/c1-3-8(2)12-10-9(7-13)5-4-6-11-10/h4-6,8,13H,3,7H2,1-2H3,(H,11,12). The summed E-state index contributed by atoms with van der Waals surface area (Å²) >= 11 is 0. The van der Waals surface area contributed by atoms with Gasteiger partial charge in [-0.05, 0) is 19.4 Å². The molecule has 0 aliphatic rings. The number of pyridine rings is 1. The minimum absolute atomic E-state index is 0.0343. The molecular weight excluding hydrogens is 164 g/mol. The zero-order valence-corrected chi connectivity index (χ0v) is 8.12. The molecule has 0 saturated carbocycles. The summed E-state index contributed by atoms with van der Waals surface area (Å²) in [5, 5.41) is 12.3. The average molecular weight is 180 g/mol. The SMILES string of the molecule is CCC(C)Nc1ncccc1CO. The summed E-state index contributed by atoms with van der Waals surface area (Å²) in [5.74, 6) is 0.791. The molecular formula is C10H16N2O. The number of aromatic nitrogens is 1. The van der Waals surface area contributed by atoms with E-state index in [1.54, 1.807) is 6.20 Å². The molecule has 3 nitrogen and oxygen atoms in total. The molecule has 1 aromatic heterocycles. The van der Waals surface area contributed by atoms with Crippen molar-refractivity contribution in [2.75, 3.05) is 5.32 Å². The Labute approximate surface area is 78.8 Å². The predicted molar refractivity (Wildman–Crippen MR) is 53.5 cm³/mol. The van der Waals surface area contributed by atoms with Gasteiger partial charge in [0.2, 0.25) is 0 Å². The normalized spacial score (nSPS) is 12.5. The molecule has 0 amide bonds. The maximum atomic E-state index is 9.02. The van der Waals surface area contributed by atoms with Crippen molar-refractivity contribution in [1.82, 2.24) is 4.98 Å². The van der Waals surface area contributed by atoms with Gasteiger partial charge in [-0.15, -0.1) is 0 Å². The molecule has 0 bridgehead atoms. The summed E-state index contributed by atoms with van der Waals surface area (Å²) in [6.45, 7) is 4.24. The molecule has 0 fully saturated rings. The van der Waals surface area contributed by atoms with E-state index >= 15 is 0 Å². The lowest BCUT2D eigenvalue weighted by atomic mass is 10.2. The first-order chi connectivity index (χ1) is 6.27. The van der Waals surface area contributed by atoms with Crippen LogP contribution in [0.5, 0.6) is 0 Å². The topological polar surface area (TPSA) is 45.2 Å². The number of hydrogen-bond acceptors (Lipinski definition) is 3. The van der Waals surface area contributed by atoms with Crippen LogP contribution in [-0.4, -0.2) is 16.1 Å². The van der Waals surface area contributed by atoms with Crippen molar-refractivity contribution < 1.29 is 5.11 Å². The van der Waals surface area contributed by atoms with Gasteiger partial charge < -0.3 is 10.4 Å². The minimum Gasteiger partial charge on any atom is -0.392 e. The van der Waals surface area contributed by atoms with Gasteiger partial charge in [0, 0.05) is 17.8 Å². The van der Waals surface area contributed by atoms with Crippen LogP contribution in [0.1, 0.15) is 25.8 Å². The molecule has 0 spiro atoms. The maximum absolute atomic E-state index is 9.02. The van der Waals surface area contributed by atoms with Gasteiger partial charge in [-0.1, -0.05) is 13.0 Å². The smallest absolute Gasteiger partial charge is 0.131 e. The molecule has 0 radical (unpaired) electrons. The molecule has 2 N–H and O–H groups in total. The average Bonchev–Trinajstić information content (AvgIpc) is 2.18. The highest BCUT2D eigenvalue weighted by atomic mass is 16.3. The lowest BCUT2D eigenvalue weighted by Crippen LogP contribution is -2.15. The molecule has 1 unspecified atom stereocenters. The molecule has 72 valence electrons. The second kappa shape index (κ2) is 4.82. The maximum Gasteiger partial charge on any atom is 0.131 e. The van der Waals surface area contributed by atoms with Crippen LogP contribution in [-0.2, 0) is 6.61 Å². The van der Waals surface area contributed by atoms with Crippen LogP contribution in [0.4, 0.5) is 5.82 Å². The number of nitrogens with zero attached hydrogens (tertiary/aromatic N) is 1. The van der Waals surface area contributed by atoms with Gasteiger partial charge in [0.1, 0.15) is 5.82 Å². The first kappa shape index (κ1) is 9.99. The number of aliphatic hydroxyl groups is 1. The number of anilines is 1. The van der Waals surface area contributed by atoms with Crippen LogP contribution >= 0.6 is 0 Å². The second-order valence-corrected chi connectivity index (χ2v) is 3.12. The summed E-state index contributed by atoms with van der Waals surface area (Å²) in [7, 11) is 0. The Morgan fingerprint density at radius 3 is 3.00 bits per heavy atom. The molecule has 0 saturated heterocycles. The first-order valence-corrected chi connectivity index (χ1v) is 4.59. The Morgan fingerprint density at radius 1 is 1.62 bits per heavy atom. The van der Waals surface area contributed by atoms with Crippen LogP contribution < -0.4 is 5.32 Å². The van der Waals surface area contributed by atoms with E-state index in [-0.39, 0.29) is 6.61 Å². The third-order valence-corrected chi connectivity index (χ3v) is 2.06. The molecule has 1 atom stereocenters. The van der Waals surface area contributed by atoms with E-state index in [1.165, 1.54) is 0 Å².